The van der Waals surface area contributed by atoms with Crippen LogP contribution in [0.3, 0.4) is 0 Å². The van der Waals surface area contributed by atoms with Gasteiger partial charge in [0.25, 0.3) is 10.1 Å². The van der Waals surface area contributed by atoms with Crippen molar-refractivity contribution in [3.63, 3.8) is 0 Å². The number of rotatable bonds is 1. The Balaban J connectivity index is -0.000000125. The summed E-state index contributed by atoms with van der Waals surface area (Å²) in [6.45, 7) is 1.37. The SMILES string of the molecule is CCS(=O)(=O)O.[Na+].[SH-]. The zero-order valence-electron chi connectivity index (χ0n) is 4.83. The maximum Gasteiger partial charge on any atom is 1.00 e. The molecule has 0 amide bonds. The Morgan fingerprint density at radius 3 is 1.62 bits per heavy atom. The summed E-state index contributed by atoms with van der Waals surface area (Å²) >= 11 is 0. The molecule has 0 aliphatic carbocycles. The van der Waals surface area contributed by atoms with Gasteiger partial charge >= 0.3 is 29.6 Å². The third kappa shape index (κ3) is 15.7. The number of hydrogen-bond acceptors (Lipinski definition) is 3. The van der Waals surface area contributed by atoms with Crippen molar-refractivity contribution in [3.05, 3.63) is 0 Å². The van der Waals surface area contributed by atoms with Gasteiger partial charge in [-0.05, 0) is 6.92 Å². The van der Waals surface area contributed by atoms with Crippen LogP contribution in [0.15, 0.2) is 0 Å². The summed E-state index contributed by atoms with van der Waals surface area (Å²) in [6.07, 6.45) is 0. The molecule has 0 fully saturated rings. The largest absolute Gasteiger partial charge is 1.00 e. The molecule has 0 unspecified atom stereocenters. The van der Waals surface area contributed by atoms with E-state index >= 15 is 0 Å². The molecular weight excluding hydrogens is 159 g/mol. The standard InChI is InChI=1S/C2H6O3S.Na.H2S/c1-2-6(3,4)5;;/h2H2,1H3,(H,3,4,5);;1H2/q;+1;/p-1. The third-order valence-corrected chi connectivity index (χ3v) is 1.09. The van der Waals surface area contributed by atoms with E-state index in [1.165, 1.54) is 6.92 Å². The third-order valence-electron chi connectivity index (χ3n) is 0.365. The summed E-state index contributed by atoms with van der Waals surface area (Å²) in [7, 11) is -3.66. The molecule has 0 aromatic carbocycles. The molecule has 0 atom stereocenters. The fourth-order valence-electron chi connectivity index (χ4n) is 0. The van der Waals surface area contributed by atoms with E-state index in [0.717, 1.165) is 0 Å². The molecule has 0 heterocycles. The normalized spacial score (nSPS) is 8.75. The average molecular weight is 166 g/mol. The molecule has 0 spiro atoms. The van der Waals surface area contributed by atoms with Crippen LogP contribution in [0.2, 0.25) is 0 Å². The van der Waals surface area contributed by atoms with Gasteiger partial charge in [0.1, 0.15) is 0 Å². The van der Waals surface area contributed by atoms with Crippen molar-refractivity contribution in [3.8, 4) is 0 Å². The van der Waals surface area contributed by atoms with E-state index in [2.05, 4.69) is 0 Å². The maximum absolute atomic E-state index is 9.56. The van der Waals surface area contributed by atoms with Crippen LogP contribution in [0.4, 0.5) is 0 Å². The van der Waals surface area contributed by atoms with Crippen LogP contribution in [0.25, 0.3) is 0 Å². The minimum atomic E-state index is -3.66. The smallest absolute Gasteiger partial charge is 0.813 e. The van der Waals surface area contributed by atoms with E-state index in [1.807, 2.05) is 0 Å². The predicted molar refractivity (Wildman–Crippen MR) is 30.8 cm³/mol. The van der Waals surface area contributed by atoms with Crippen LogP contribution in [0, 0.1) is 0 Å². The Bertz CT molecular complexity index is 117. The van der Waals surface area contributed by atoms with E-state index < -0.39 is 10.1 Å². The predicted octanol–water partition coefficient (Wildman–Crippen LogP) is -3.37. The van der Waals surface area contributed by atoms with Gasteiger partial charge in [0.05, 0.1) is 5.75 Å². The Hall–Kier alpha value is 1.26. The van der Waals surface area contributed by atoms with Crippen molar-refractivity contribution >= 4 is 23.6 Å². The number of thiol groups is 1. The molecule has 0 aromatic rings. The molecule has 6 heteroatoms. The fraction of sp³-hybridized carbons (Fsp3) is 1.00. The van der Waals surface area contributed by atoms with E-state index in [4.69, 9.17) is 4.55 Å². The first kappa shape index (κ1) is 16.1. The minimum absolute atomic E-state index is 0. The molecule has 0 rings (SSSR count). The van der Waals surface area contributed by atoms with E-state index in [9.17, 15) is 8.42 Å². The van der Waals surface area contributed by atoms with Crippen molar-refractivity contribution in [1.29, 1.82) is 0 Å². The van der Waals surface area contributed by atoms with Crippen molar-refractivity contribution in [2.75, 3.05) is 5.75 Å². The summed E-state index contributed by atoms with van der Waals surface area (Å²) in [5.41, 5.74) is 0. The molecule has 0 radical (unpaired) electrons. The second-order valence-corrected chi connectivity index (χ2v) is 2.61. The molecule has 0 saturated heterocycles. The number of hydrogen-bond donors (Lipinski definition) is 1. The minimum Gasteiger partial charge on any atom is -0.813 e. The molecule has 0 aromatic heterocycles. The summed E-state index contributed by atoms with van der Waals surface area (Å²) < 4.78 is 26.9. The van der Waals surface area contributed by atoms with Gasteiger partial charge in [0.15, 0.2) is 0 Å². The summed E-state index contributed by atoms with van der Waals surface area (Å²) in [5.74, 6) is -0.201. The zero-order valence-corrected chi connectivity index (χ0v) is 8.54. The van der Waals surface area contributed by atoms with Crippen LogP contribution in [-0.2, 0) is 23.6 Å². The van der Waals surface area contributed by atoms with Gasteiger partial charge in [0.2, 0.25) is 0 Å². The van der Waals surface area contributed by atoms with Gasteiger partial charge in [-0.2, -0.15) is 8.42 Å². The van der Waals surface area contributed by atoms with Crippen molar-refractivity contribution in [2.24, 2.45) is 0 Å². The van der Waals surface area contributed by atoms with Crippen molar-refractivity contribution in [1.82, 2.24) is 0 Å². The molecule has 0 aliphatic heterocycles. The van der Waals surface area contributed by atoms with Gasteiger partial charge in [-0.25, -0.2) is 0 Å². The van der Waals surface area contributed by atoms with E-state index in [0.29, 0.717) is 0 Å². The summed E-state index contributed by atoms with van der Waals surface area (Å²) in [5, 5.41) is 0. The van der Waals surface area contributed by atoms with Crippen LogP contribution < -0.4 is 29.6 Å². The van der Waals surface area contributed by atoms with Gasteiger partial charge in [-0.3, -0.25) is 4.55 Å². The quantitative estimate of drug-likeness (QED) is 0.191. The second-order valence-electron chi connectivity index (χ2n) is 0.871. The topological polar surface area (TPSA) is 54.4 Å². The molecule has 8 heavy (non-hydrogen) atoms. The van der Waals surface area contributed by atoms with Gasteiger partial charge < -0.3 is 13.5 Å². The molecular formula is C2H7NaO3S2. The van der Waals surface area contributed by atoms with E-state index in [1.54, 1.807) is 0 Å². The molecule has 3 nitrogen and oxygen atoms in total. The van der Waals surface area contributed by atoms with Crippen molar-refractivity contribution < 1.29 is 42.5 Å². The van der Waals surface area contributed by atoms with Gasteiger partial charge in [-0.1, -0.05) is 0 Å². The first-order valence-corrected chi connectivity index (χ1v) is 3.12. The van der Waals surface area contributed by atoms with Gasteiger partial charge in [-0.15, -0.1) is 0 Å². The second kappa shape index (κ2) is 6.38. The monoisotopic (exact) mass is 166 g/mol. The van der Waals surface area contributed by atoms with Crippen molar-refractivity contribution in [2.45, 2.75) is 6.92 Å². The Morgan fingerprint density at radius 1 is 1.50 bits per heavy atom. The summed E-state index contributed by atoms with van der Waals surface area (Å²) in [4.78, 5) is 0. The van der Waals surface area contributed by atoms with Crippen LogP contribution in [-0.4, -0.2) is 18.7 Å². The molecule has 0 bridgehead atoms. The van der Waals surface area contributed by atoms with Crippen LogP contribution >= 0.6 is 0 Å². The van der Waals surface area contributed by atoms with Crippen LogP contribution in [0.5, 0.6) is 0 Å². The van der Waals surface area contributed by atoms with Crippen LogP contribution in [0.1, 0.15) is 6.92 Å². The molecule has 1 N–H and O–H groups in total. The maximum atomic E-state index is 9.56. The summed E-state index contributed by atoms with van der Waals surface area (Å²) in [6, 6.07) is 0. The van der Waals surface area contributed by atoms with E-state index in [-0.39, 0.29) is 48.8 Å². The average Bonchev–Trinajstić information content (AvgIpc) is 1.35. The Labute approximate surface area is 78.3 Å². The van der Waals surface area contributed by atoms with Gasteiger partial charge in [0, 0.05) is 0 Å². The first-order valence-electron chi connectivity index (χ1n) is 1.51. The fourth-order valence-corrected chi connectivity index (χ4v) is 0. The molecule has 46 valence electrons. The Kier molecular flexibility index (Phi) is 12.9. The molecule has 0 aliphatic rings. The zero-order chi connectivity index (χ0) is 5.21. The molecule has 0 saturated carbocycles. The Morgan fingerprint density at radius 2 is 1.62 bits per heavy atom. The first-order chi connectivity index (χ1) is 2.56.